The standard InChI is InChI=1S/C31H27F3N6/c1-3-19(17-40-12-11-31(33,34)18-40)13-20(4-2)22-7-10-26-24(14-22)29(39-38-26)30-36-27-16-35-15-25(28(27)37-30)21-5-8-23(32)9-6-21/h3-10,13-16H,1,11-12,17-18H2,2H3,(H,36,37)(H,38,39)/b19-13+,20-4+. The minimum absolute atomic E-state index is 0.114. The Kier molecular flexibility index (Phi) is 6.59. The fourth-order valence-electron chi connectivity index (χ4n) is 5.16. The molecule has 0 radical (unpaired) electrons. The van der Waals surface area contributed by atoms with Crippen molar-refractivity contribution in [1.29, 1.82) is 0 Å². The molecule has 6 nitrogen and oxygen atoms in total. The Morgan fingerprint density at radius 2 is 1.95 bits per heavy atom. The summed E-state index contributed by atoms with van der Waals surface area (Å²) in [5, 5.41) is 8.50. The monoisotopic (exact) mass is 540 g/mol. The molecule has 4 heterocycles. The minimum Gasteiger partial charge on any atom is -0.335 e. The van der Waals surface area contributed by atoms with Crippen LogP contribution in [0.3, 0.4) is 0 Å². The summed E-state index contributed by atoms with van der Waals surface area (Å²) in [6.45, 7) is 6.40. The highest BCUT2D eigenvalue weighted by atomic mass is 19.3. The number of rotatable bonds is 7. The van der Waals surface area contributed by atoms with Crippen molar-refractivity contribution in [2.24, 2.45) is 0 Å². The average molecular weight is 541 g/mol. The van der Waals surface area contributed by atoms with Gasteiger partial charge in [0.25, 0.3) is 5.92 Å². The maximum Gasteiger partial charge on any atom is 0.261 e. The van der Waals surface area contributed by atoms with Crippen LogP contribution in [0.2, 0.25) is 0 Å². The van der Waals surface area contributed by atoms with Gasteiger partial charge in [0, 0.05) is 36.7 Å². The molecule has 0 saturated carbocycles. The third kappa shape index (κ3) is 4.96. The Morgan fingerprint density at radius 3 is 2.67 bits per heavy atom. The SMILES string of the molecule is C=C/C(=C\C(=C/C)c1ccc2[nH]nc(-c3nc4c(-c5ccc(F)cc5)cncc4[nH]3)c2c1)CN1CCC(F)(F)C1. The third-order valence-corrected chi connectivity index (χ3v) is 7.24. The molecular weight excluding hydrogens is 513 g/mol. The largest absolute Gasteiger partial charge is 0.335 e. The molecule has 40 heavy (non-hydrogen) atoms. The third-order valence-electron chi connectivity index (χ3n) is 7.24. The normalized spacial score (nSPS) is 16.3. The van der Waals surface area contributed by atoms with Gasteiger partial charge in [-0.2, -0.15) is 5.10 Å². The summed E-state index contributed by atoms with van der Waals surface area (Å²) in [5.41, 5.74) is 7.32. The number of alkyl halides is 2. The lowest BCUT2D eigenvalue weighted by atomic mass is 10.00. The second kappa shape index (κ2) is 10.2. The number of halogens is 3. The number of aromatic amines is 2. The van der Waals surface area contributed by atoms with Crippen molar-refractivity contribution in [3.05, 3.63) is 96.6 Å². The van der Waals surface area contributed by atoms with Crippen molar-refractivity contribution in [2.45, 2.75) is 19.3 Å². The molecule has 1 aliphatic rings. The van der Waals surface area contributed by atoms with Gasteiger partial charge in [-0.25, -0.2) is 18.2 Å². The van der Waals surface area contributed by atoms with E-state index < -0.39 is 5.92 Å². The van der Waals surface area contributed by atoms with E-state index in [2.05, 4.69) is 26.7 Å². The molecule has 0 amide bonds. The van der Waals surface area contributed by atoms with Crippen LogP contribution in [0.15, 0.2) is 85.2 Å². The van der Waals surface area contributed by atoms with E-state index in [0.29, 0.717) is 30.1 Å². The van der Waals surface area contributed by atoms with Crippen LogP contribution in [0.1, 0.15) is 18.9 Å². The van der Waals surface area contributed by atoms with Crippen molar-refractivity contribution in [3.63, 3.8) is 0 Å². The summed E-state index contributed by atoms with van der Waals surface area (Å²) in [6, 6.07) is 12.2. The maximum atomic E-state index is 13.7. The number of imidazole rings is 1. The number of allylic oxidation sites excluding steroid dienone is 3. The van der Waals surface area contributed by atoms with Crippen molar-refractivity contribution in [3.8, 4) is 22.6 Å². The Balaban J connectivity index is 1.35. The lowest BCUT2D eigenvalue weighted by molar-refractivity contribution is 0.0131. The second-order valence-electron chi connectivity index (χ2n) is 9.99. The van der Waals surface area contributed by atoms with Crippen molar-refractivity contribution in [2.75, 3.05) is 19.6 Å². The van der Waals surface area contributed by atoms with Crippen LogP contribution in [0.5, 0.6) is 0 Å². The first-order chi connectivity index (χ1) is 19.3. The molecule has 1 fully saturated rings. The molecule has 1 aliphatic heterocycles. The molecule has 0 aliphatic carbocycles. The summed E-state index contributed by atoms with van der Waals surface area (Å²) in [7, 11) is 0. The number of likely N-dealkylation sites (tertiary alicyclic amines) is 1. The Hall–Kier alpha value is -4.50. The summed E-state index contributed by atoms with van der Waals surface area (Å²) < 4.78 is 40.9. The van der Waals surface area contributed by atoms with Gasteiger partial charge < -0.3 is 4.98 Å². The van der Waals surface area contributed by atoms with Gasteiger partial charge in [0.2, 0.25) is 0 Å². The van der Waals surface area contributed by atoms with E-state index >= 15 is 0 Å². The summed E-state index contributed by atoms with van der Waals surface area (Å²) in [4.78, 5) is 14.3. The van der Waals surface area contributed by atoms with Crippen molar-refractivity contribution >= 4 is 27.5 Å². The van der Waals surface area contributed by atoms with E-state index in [1.165, 1.54) is 12.1 Å². The van der Waals surface area contributed by atoms with Gasteiger partial charge in [-0.1, -0.05) is 43.0 Å². The lowest BCUT2D eigenvalue weighted by Crippen LogP contribution is -2.26. The summed E-state index contributed by atoms with van der Waals surface area (Å²) in [6.07, 6.45) is 9.01. The van der Waals surface area contributed by atoms with Gasteiger partial charge in [-0.3, -0.25) is 15.0 Å². The van der Waals surface area contributed by atoms with Gasteiger partial charge in [-0.15, -0.1) is 0 Å². The molecule has 2 N–H and O–H groups in total. The molecule has 0 spiro atoms. The zero-order chi connectivity index (χ0) is 27.9. The average Bonchev–Trinajstić information content (AvgIpc) is 3.66. The van der Waals surface area contributed by atoms with Crippen LogP contribution in [0.25, 0.3) is 50.2 Å². The number of pyridine rings is 1. The second-order valence-corrected chi connectivity index (χ2v) is 9.99. The van der Waals surface area contributed by atoms with Gasteiger partial charge >= 0.3 is 0 Å². The lowest BCUT2D eigenvalue weighted by Gasteiger charge is -2.16. The molecule has 0 bridgehead atoms. The molecule has 0 unspecified atom stereocenters. The molecule has 3 aromatic heterocycles. The Bertz CT molecular complexity index is 1780. The van der Waals surface area contributed by atoms with E-state index in [0.717, 1.165) is 44.3 Å². The molecule has 9 heteroatoms. The first-order valence-corrected chi connectivity index (χ1v) is 13.0. The summed E-state index contributed by atoms with van der Waals surface area (Å²) >= 11 is 0. The smallest absolute Gasteiger partial charge is 0.261 e. The van der Waals surface area contributed by atoms with E-state index in [9.17, 15) is 13.2 Å². The quantitative estimate of drug-likeness (QED) is 0.215. The number of fused-ring (bicyclic) bond motifs is 2. The van der Waals surface area contributed by atoms with Crippen molar-refractivity contribution in [1.82, 2.24) is 30.0 Å². The highest BCUT2D eigenvalue weighted by Crippen LogP contribution is 2.33. The molecular formula is C31H27F3N6. The van der Waals surface area contributed by atoms with Gasteiger partial charge in [0.15, 0.2) is 5.82 Å². The van der Waals surface area contributed by atoms with Crippen LogP contribution in [0, 0.1) is 5.82 Å². The topological polar surface area (TPSA) is 73.5 Å². The van der Waals surface area contributed by atoms with Gasteiger partial charge in [0.05, 0.1) is 29.3 Å². The van der Waals surface area contributed by atoms with E-state index in [1.54, 1.807) is 35.5 Å². The van der Waals surface area contributed by atoms with E-state index in [1.807, 2.05) is 37.3 Å². The van der Waals surface area contributed by atoms with E-state index in [-0.39, 0.29) is 18.8 Å². The van der Waals surface area contributed by atoms with Crippen LogP contribution in [-0.2, 0) is 0 Å². The predicted molar refractivity (Wildman–Crippen MR) is 152 cm³/mol. The maximum absolute atomic E-state index is 13.7. The molecule has 5 aromatic rings. The zero-order valence-electron chi connectivity index (χ0n) is 21.9. The highest BCUT2D eigenvalue weighted by molar-refractivity contribution is 5.98. The Morgan fingerprint density at radius 1 is 1.12 bits per heavy atom. The van der Waals surface area contributed by atoms with Gasteiger partial charge in [-0.05, 0) is 53.5 Å². The van der Waals surface area contributed by atoms with E-state index in [4.69, 9.17) is 4.98 Å². The molecule has 6 rings (SSSR count). The minimum atomic E-state index is -2.63. The predicted octanol–water partition coefficient (Wildman–Crippen LogP) is 7.16. The number of hydrogen-bond donors (Lipinski definition) is 2. The Labute approximate surface area is 229 Å². The van der Waals surface area contributed by atoms with Crippen LogP contribution in [0.4, 0.5) is 13.2 Å². The molecule has 202 valence electrons. The molecule has 2 aromatic carbocycles. The number of hydrogen-bond acceptors (Lipinski definition) is 4. The number of H-pyrrole nitrogens is 2. The fraction of sp³-hybridized carbons (Fsp3) is 0.194. The number of benzene rings is 2. The van der Waals surface area contributed by atoms with Gasteiger partial charge in [0.1, 0.15) is 11.5 Å². The first-order valence-electron chi connectivity index (χ1n) is 13.0. The van der Waals surface area contributed by atoms with Crippen LogP contribution in [-0.4, -0.2) is 55.6 Å². The highest BCUT2D eigenvalue weighted by Gasteiger charge is 2.37. The van der Waals surface area contributed by atoms with Crippen molar-refractivity contribution < 1.29 is 13.2 Å². The van der Waals surface area contributed by atoms with Crippen LogP contribution < -0.4 is 0 Å². The number of nitrogens with one attached hydrogen (secondary N) is 2. The number of aromatic nitrogens is 5. The fourth-order valence-corrected chi connectivity index (χ4v) is 5.16. The number of nitrogens with zero attached hydrogens (tertiary/aromatic N) is 4. The molecule has 0 atom stereocenters. The van der Waals surface area contributed by atoms with Crippen LogP contribution >= 0.6 is 0 Å². The summed E-state index contributed by atoms with van der Waals surface area (Å²) in [5.74, 6) is -2.36. The molecule has 1 saturated heterocycles. The first kappa shape index (κ1) is 25.8. The zero-order valence-corrected chi connectivity index (χ0v) is 21.9.